The first kappa shape index (κ1) is 24.4. The summed E-state index contributed by atoms with van der Waals surface area (Å²) < 4.78 is 93.3. The molecule has 1 aromatic heterocycles. The average Bonchev–Trinajstić information content (AvgIpc) is 2.76. The van der Waals surface area contributed by atoms with Crippen molar-refractivity contribution in [3.05, 3.63) is 101 Å². The van der Waals surface area contributed by atoms with Crippen LogP contribution < -0.4 is 0 Å². The van der Waals surface area contributed by atoms with Gasteiger partial charge in [-0.2, -0.15) is 26.3 Å². The molecule has 0 saturated heterocycles. The number of halogens is 7. The third-order valence-electron chi connectivity index (χ3n) is 5.18. The maximum atomic E-state index is 13.8. The number of aromatic nitrogens is 1. The Balaban J connectivity index is 1.93. The van der Waals surface area contributed by atoms with Gasteiger partial charge in [0.05, 0.1) is 16.8 Å². The van der Waals surface area contributed by atoms with Crippen LogP contribution in [0.2, 0.25) is 0 Å². The molecule has 2 aromatic carbocycles. The molecule has 0 saturated carbocycles. The normalized spacial score (nSPS) is 13.1. The van der Waals surface area contributed by atoms with Crippen molar-refractivity contribution in [1.82, 2.24) is 4.98 Å². The fourth-order valence-corrected chi connectivity index (χ4v) is 3.52. The van der Waals surface area contributed by atoms with Gasteiger partial charge in [-0.3, -0.25) is 9.78 Å². The number of rotatable bonds is 7. The Morgan fingerprint density at radius 2 is 1.52 bits per heavy atom. The quantitative estimate of drug-likeness (QED) is 0.350. The van der Waals surface area contributed by atoms with E-state index in [1.807, 2.05) is 0 Å². The van der Waals surface area contributed by atoms with Crippen molar-refractivity contribution in [3.63, 3.8) is 0 Å². The lowest BCUT2D eigenvalue weighted by Crippen LogP contribution is -2.17. The Morgan fingerprint density at radius 3 is 2.12 bits per heavy atom. The summed E-state index contributed by atoms with van der Waals surface area (Å²) in [5, 5.41) is 0. The van der Waals surface area contributed by atoms with Gasteiger partial charge < -0.3 is 0 Å². The number of carbonyl (C=O) groups excluding carboxylic acids is 1. The minimum absolute atomic E-state index is 0.0413. The molecule has 1 atom stereocenters. The first-order valence-electron chi connectivity index (χ1n) is 9.91. The lowest BCUT2D eigenvalue weighted by atomic mass is 9.86. The zero-order valence-corrected chi connectivity index (χ0v) is 17.1. The third-order valence-corrected chi connectivity index (χ3v) is 5.18. The molecule has 33 heavy (non-hydrogen) atoms. The molecule has 0 radical (unpaired) electrons. The second-order valence-corrected chi connectivity index (χ2v) is 7.44. The highest BCUT2D eigenvalue weighted by atomic mass is 19.4. The van der Waals surface area contributed by atoms with E-state index in [0.717, 1.165) is 42.6 Å². The predicted molar refractivity (Wildman–Crippen MR) is 107 cm³/mol. The Labute approximate surface area is 185 Å². The second kappa shape index (κ2) is 9.72. The van der Waals surface area contributed by atoms with Crippen LogP contribution in [0.4, 0.5) is 30.7 Å². The van der Waals surface area contributed by atoms with Gasteiger partial charge in [0.2, 0.25) is 0 Å². The van der Waals surface area contributed by atoms with Gasteiger partial charge in [-0.25, -0.2) is 4.39 Å². The lowest BCUT2D eigenvalue weighted by molar-refractivity contribution is -0.139. The van der Waals surface area contributed by atoms with Gasteiger partial charge >= 0.3 is 12.4 Å². The van der Waals surface area contributed by atoms with E-state index in [-0.39, 0.29) is 24.0 Å². The summed E-state index contributed by atoms with van der Waals surface area (Å²) >= 11 is 0. The monoisotopic (exact) mass is 469 g/mol. The lowest BCUT2D eigenvalue weighted by Gasteiger charge is -2.21. The number of ketones is 1. The Bertz CT molecular complexity index is 1100. The number of hydrogen-bond acceptors (Lipinski definition) is 2. The smallest absolute Gasteiger partial charge is 0.300 e. The number of aryl methyl sites for hydroxylation is 1. The Kier molecular flexibility index (Phi) is 7.19. The van der Waals surface area contributed by atoms with Gasteiger partial charge in [0, 0.05) is 25.0 Å². The largest absolute Gasteiger partial charge is 0.418 e. The van der Waals surface area contributed by atoms with E-state index in [2.05, 4.69) is 4.98 Å². The van der Waals surface area contributed by atoms with Gasteiger partial charge in [0.25, 0.3) is 0 Å². The molecule has 3 rings (SSSR count). The van der Waals surface area contributed by atoms with Crippen molar-refractivity contribution in [2.45, 2.75) is 37.5 Å². The van der Waals surface area contributed by atoms with E-state index in [0.29, 0.717) is 0 Å². The van der Waals surface area contributed by atoms with Crippen molar-refractivity contribution in [2.24, 2.45) is 0 Å². The van der Waals surface area contributed by atoms with Gasteiger partial charge in [0.1, 0.15) is 11.6 Å². The summed E-state index contributed by atoms with van der Waals surface area (Å²) in [4.78, 5) is 16.5. The minimum Gasteiger partial charge on any atom is -0.300 e. The molecule has 0 fully saturated rings. The Hall–Kier alpha value is -3.23. The third kappa shape index (κ3) is 6.18. The average molecular weight is 469 g/mol. The summed E-state index contributed by atoms with van der Waals surface area (Å²) in [6, 6.07) is 11.3. The maximum absolute atomic E-state index is 13.8. The molecule has 0 aliphatic rings. The van der Waals surface area contributed by atoms with Crippen molar-refractivity contribution >= 4 is 5.78 Å². The number of benzene rings is 2. The minimum atomic E-state index is -4.77. The van der Waals surface area contributed by atoms with Crippen molar-refractivity contribution in [3.8, 4) is 0 Å². The molecule has 174 valence electrons. The van der Waals surface area contributed by atoms with Gasteiger partial charge in [-0.05, 0) is 47.9 Å². The van der Waals surface area contributed by atoms with Crippen molar-refractivity contribution < 1.29 is 35.5 Å². The molecule has 0 amide bonds. The van der Waals surface area contributed by atoms with Crippen molar-refractivity contribution in [1.29, 1.82) is 0 Å². The molecule has 1 heterocycles. The SMILES string of the molecule is O=C(CCc1ccccc1F)C[C@@H](c1ccc(C(F)(F)F)cc1)c1ncccc1C(F)(F)F. The summed E-state index contributed by atoms with van der Waals surface area (Å²) in [6.45, 7) is 0. The van der Waals surface area contributed by atoms with Gasteiger partial charge in [0.15, 0.2) is 0 Å². The van der Waals surface area contributed by atoms with Crippen LogP contribution in [0.3, 0.4) is 0 Å². The van der Waals surface area contributed by atoms with Crippen LogP contribution in [0.15, 0.2) is 66.9 Å². The Morgan fingerprint density at radius 1 is 0.848 bits per heavy atom. The topological polar surface area (TPSA) is 30.0 Å². The molecule has 0 unspecified atom stereocenters. The highest BCUT2D eigenvalue weighted by Gasteiger charge is 2.37. The van der Waals surface area contributed by atoms with Crippen LogP contribution in [-0.2, 0) is 23.6 Å². The molecule has 3 aromatic rings. The standard InChI is InChI=1S/C24H18F7NO/c25-21-6-2-1-4-16(21)9-12-18(33)14-19(15-7-10-17(11-8-15)23(26,27)28)22-20(24(29,30)31)5-3-13-32-22/h1-8,10-11,13,19H,9,12,14H2/t19-/m0/s1. The molecule has 0 N–H and O–H groups in total. The van der Waals surface area contributed by atoms with Crippen LogP contribution in [0.1, 0.15) is 46.7 Å². The molecule has 2 nitrogen and oxygen atoms in total. The summed E-state index contributed by atoms with van der Waals surface area (Å²) in [5.41, 5.74) is -2.12. The number of hydrogen-bond donors (Lipinski definition) is 0. The molecule has 9 heteroatoms. The molecule has 0 spiro atoms. The molecule has 0 aliphatic carbocycles. The summed E-state index contributed by atoms with van der Waals surface area (Å²) in [6.07, 6.45) is -8.80. The second-order valence-electron chi connectivity index (χ2n) is 7.44. The fraction of sp³-hybridized carbons (Fsp3) is 0.250. The highest BCUT2D eigenvalue weighted by Crippen LogP contribution is 2.39. The fourth-order valence-electron chi connectivity index (χ4n) is 3.52. The van der Waals surface area contributed by atoms with Crippen LogP contribution in [-0.4, -0.2) is 10.8 Å². The van der Waals surface area contributed by atoms with E-state index < -0.39 is 53.1 Å². The number of Topliss-reactive ketones (excluding diaryl/α,β-unsaturated/α-hetero) is 1. The molecule has 0 aliphatic heterocycles. The maximum Gasteiger partial charge on any atom is 0.418 e. The zero-order chi connectivity index (χ0) is 24.2. The molecular formula is C24H18F7NO. The summed E-state index contributed by atoms with van der Waals surface area (Å²) in [7, 11) is 0. The molecule has 0 bridgehead atoms. The first-order valence-corrected chi connectivity index (χ1v) is 9.91. The van der Waals surface area contributed by atoms with Crippen LogP contribution in [0.5, 0.6) is 0 Å². The van der Waals surface area contributed by atoms with Crippen LogP contribution >= 0.6 is 0 Å². The van der Waals surface area contributed by atoms with E-state index in [1.54, 1.807) is 6.07 Å². The number of pyridine rings is 1. The highest BCUT2D eigenvalue weighted by molar-refractivity contribution is 5.80. The van der Waals surface area contributed by atoms with Crippen molar-refractivity contribution in [2.75, 3.05) is 0 Å². The van der Waals surface area contributed by atoms with E-state index >= 15 is 0 Å². The van der Waals surface area contributed by atoms with Gasteiger partial charge in [-0.15, -0.1) is 0 Å². The number of carbonyl (C=O) groups is 1. The summed E-state index contributed by atoms with van der Waals surface area (Å²) in [5.74, 6) is -2.20. The number of nitrogens with zero attached hydrogens (tertiary/aromatic N) is 1. The number of alkyl halides is 6. The molecular weight excluding hydrogens is 451 g/mol. The predicted octanol–water partition coefficient (Wildman–Crippen LogP) is 6.98. The van der Waals surface area contributed by atoms with Gasteiger partial charge in [-0.1, -0.05) is 30.3 Å². The van der Waals surface area contributed by atoms with Crippen LogP contribution in [0.25, 0.3) is 0 Å². The zero-order valence-electron chi connectivity index (χ0n) is 17.1. The van der Waals surface area contributed by atoms with E-state index in [9.17, 15) is 35.5 Å². The van der Waals surface area contributed by atoms with E-state index in [1.165, 1.54) is 18.2 Å². The van der Waals surface area contributed by atoms with Crippen LogP contribution in [0, 0.1) is 5.82 Å². The first-order chi connectivity index (χ1) is 15.5. The van der Waals surface area contributed by atoms with E-state index in [4.69, 9.17) is 0 Å².